The summed E-state index contributed by atoms with van der Waals surface area (Å²) in [4.78, 5) is 25.5. The maximum Gasteiger partial charge on any atom is 0.309 e. The predicted octanol–water partition coefficient (Wildman–Crippen LogP) is 4.46. The summed E-state index contributed by atoms with van der Waals surface area (Å²) in [5.74, 6) is 0.610. The van der Waals surface area contributed by atoms with Gasteiger partial charge in [0, 0.05) is 5.39 Å². The van der Waals surface area contributed by atoms with E-state index in [9.17, 15) is 14.7 Å². The standard InChI is InChI=1S/C25H28N2O3/c1-24(2)22(28)26(27(24)20-9-5-7-16-6-3-4-8-19(16)20)21-17-10-15-11-18(21)14-25(12-15,13-17)23(29)30/h3-9,15,17-18,21H,10-14H2,1-2H3,(H,29,30)/t15?,17?,18?,21-,25+. The third kappa shape index (κ3) is 2.18. The zero-order valence-corrected chi connectivity index (χ0v) is 17.5. The largest absolute Gasteiger partial charge is 0.481 e. The quantitative estimate of drug-likeness (QED) is 0.820. The number of hydrogen-bond donors (Lipinski definition) is 1. The number of carbonyl (C=O) groups is 2. The van der Waals surface area contributed by atoms with Crippen molar-refractivity contribution in [2.24, 2.45) is 23.2 Å². The molecule has 5 aliphatic rings. The summed E-state index contributed by atoms with van der Waals surface area (Å²) in [6.07, 6.45) is 4.38. The zero-order chi connectivity index (χ0) is 20.8. The maximum atomic E-state index is 13.4. The van der Waals surface area contributed by atoms with Crippen molar-refractivity contribution < 1.29 is 14.7 Å². The van der Waals surface area contributed by atoms with Gasteiger partial charge in [-0.3, -0.25) is 14.6 Å². The first-order chi connectivity index (χ1) is 14.3. The summed E-state index contributed by atoms with van der Waals surface area (Å²) >= 11 is 0. The van der Waals surface area contributed by atoms with Crippen LogP contribution in [-0.4, -0.2) is 33.6 Å². The van der Waals surface area contributed by atoms with Crippen LogP contribution in [0.3, 0.4) is 0 Å². The molecule has 1 saturated heterocycles. The van der Waals surface area contributed by atoms with Gasteiger partial charge in [0.15, 0.2) is 0 Å². The third-order valence-electron chi connectivity index (χ3n) is 8.43. The van der Waals surface area contributed by atoms with E-state index in [1.807, 2.05) is 31.0 Å². The van der Waals surface area contributed by atoms with Crippen LogP contribution in [0, 0.1) is 23.2 Å². The second kappa shape index (κ2) is 5.77. The number of aliphatic carboxylic acids is 1. The second-order valence-corrected chi connectivity index (χ2v) is 10.6. The fraction of sp³-hybridized carbons (Fsp3) is 0.520. The zero-order valence-electron chi connectivity index (χ0n) is 17.5. The molecule has 0 aromatic heterocycles. The molecule has 2 unspecified atom stereocenters. The Balaban J connectivity index is 1.42. The van der Waals surface area contributed by atoms with E-state index in [4.69, 9.17) is 0 Å². The Hall–Kier alpha value is -2.56. The SMILES string of the molecule is CC1(C)C(=O)N([C@H]2C3CC4CC2C[C@@](C(=O)O)(C4)C3)N1c1cccc2ccccc12. The number of carboxylic acid groups (broad SMARTS) is 1. The Bertz CT molecular complexity index is 1060. The molecule has 5 fully saturated rings. The molecule has 2 aromatic rings. The normalized spacial score (nSPS) is 36.3. The lowest BCUT2D eigenvalue weighted by molar-refractivity contribution is -0.187. The first-order valence-corrected chi connectivity index (χ1v) is 11.2. The molecule has 4 aliphatic carbocycles. The van der Waals surface area contributed by atoms with Crippen LogP contribution in [0.4, 0.5) is 5.69 Å². The van der Waals surface area contributed by atoms with E-state index in [0.717, 1.165) is 30.3 Å². The topological polar surface area (TPSA) is 60.9 Å². The van der Waals surface area contributed by atoms with E-state index in [1.165, 1.54) is 5.39 Å². The molecule has 5 heteroatoms. The summed E-state index contributed by atoms with van der Waals surface area (Å²) < 4.78 is 0. The molecule has 1 amide bonds. The van der Waals surface area contributed by atoms with Crippen molar-refractivity contribution >= 4 is 28.3 Å². The van der Waals surface area contributed by atoms with Crippen LogP contribution < -0.4 is 5.01 Å². The van der Waals surface area contributed by atoms with E-state index < -0.39 is 16.9 Å². The Morgan fingerprint density at radius 3 is 2.37 bits per heavy atom. The molecule has 5 nitrogen and oxygen atoms in total. The van der Waals surface area contributed by atoms with E-state index >= 15 is 0 Å². The number of hydrogen-bond acceptors (Lipinski definition) is 3. The Kier molecular flexibility index (Phi) is 3.51. The number of rotatable bonds is 3. The van der Waals surface area contributed by atoms with Crippen molar-refractivity contribution in [2.75, 3.05) is 5.01 Å². The number of fused-ring (bicyclic) bond motifs is 1. The number of anilines is 1. The summed E-state index contributed by atoms with van der Waals surface area (Å²) in [5.41, 5.74) is -0.0799. The van der Waals surface area contributed by atoms with E-state index in [1.54, 1.807) is 0 Å². The Morgan fingerprint density at radius 2 is 1.67 bits per heavy atom. The fourth-order valence-corrected chi connectivity index (χ4v) is 7.42. The van der Waals surface area contributed by atoms with E-state index in [-0.39, 0.29) is 23.8 Å². The molecule has 4 saturated carbocycles. The van der Waals surface area contributed by atoms with Gasteiger partial charge in [0.1, 0.15) is 5.54 Å². The van der Waals surface area contributed by atoms with Crippen LogP contribution in [0.15, 0.2) is 42.5 Å². The molecule has 4 bridgehead atoms. The average Bonchev–Trinajstić information content (AvgIpc) is 2.71. The van der Waals surface area contributed by atoms with Crippen LogP contribution in [0.25, 0.3) is 10.8 Å². The highest BCUT2D eigenvalue weighted by Gasteiger charge is 2.65. The Morgan fingerprint density at radius 1 is 1.00 bits per heavy atom. The maximum absolute atomic E-state index is 13.4. The summed E-state index contributed by atoms with van der Waals surface area (Å²) in [6, 6.07) is 14.7. The lowest BCUT2D eigenvalue weighted by atomic mass is 9.47. The van der Waals surface area contributed by atoms with Crippen LogP contribution in [-0.2, 0) is 9.59 Å². The van der Waals surface area contributed by atoms with Crippen molar-refractivity contribution in [3.05, 3.63) is 42.5 Å². The minimum Gasteiger partial charge on any atom is -0.481 e. The molecular weight excluding hydrogens is 376 g/mol. The van der Waals surface area contributed by atoms with Gasteiger partial charge < -0.3 is 5.11 Å². The highest BCUT2D eigenvalue weighted by molar-refractivity contribution is 6.03. The third-order valence-corrected chi connectivity index (χ3v) is 8.43. The molecule has 0 spiro atoms. The summed E-state index contributed by atoms with van der Waals surface area (Å²) in [5, 5.41) is 16.5. The smallest absolute Gasteiger partial charge is 0.309 e. The van der Waals surface area contributed by atoms with Crippen molar-refractivity contribution in [1.82, 2.24) is 5.01 Å². The van der Waals surface area contributed by atoms with Gasteiger partial charge in [-0.2, -0.15) is 0 Å². The van der Waals surface area contributed by atoms with Crippen molar-refractivity contribution in [2.45, 2.75) is 57.5 Å². The first kappa shape index (κ1) is 18.2. The number of benzene rings is 2. The lowest BCUT2D eigenvalue weighted by Crippen LogP contribution is -2.80. The number of amides is 1. The number of nitrogens with zero attached hydrogens (tertiary/aromatic N) is 2. The van der Waals surface area contributed by atoms with Gasteiger partial charge >= 0.3 is 5.97 Å². The van der Waals surface area contributed by atoms with Crippen molar-refractivity contribution in [3.63, 3.8) is 0 Å². The molecule has 2 aromatic carbocycles. The van der Waals surface area contributed by atoms with Gasteiger partial charge in [-0.15, -0.1) is 0 Å². The van der Waals surface area contributed by atoms with Crippen LogP contribution in [0.1, 0.15) is 46.0 Å². The highest BCUT2D eigenvalue weighted by atomic mass is 16.4. The highest BCUT2D eigenvalue weighted by Crippen LogP contribution is 2.62. The van der Waals surface area contributed by atoms with Crippen LogP contribution >= 0.6 is 0 Å². The number of carboxylic acids is 1. The molecule has 1 heterocycles. The van der Waals surface area contributed by atoms with Crippen LogP contribution in [0.2, 0.25) is 0 Å². The second-order valence-electron chi connectivity index (χ2n) is 10.6. The fourth-order valence-electron chi connectivity index (χ4n) is 7.42. The first-order valence-electron chi connectivity index (χ1n) is 11.2. The van der Waals surface area contributed by atoms with Gasteiger partial charge in [0.05, 0.1) is 17.1 Å². The number of hydrazine groups is 1. The van der Waals surface area contributed by atoms with Gasteiger partial charge in [0.2, 0.25) is 0 Å². The molecule has 30 heavy (non-hydrogen) atoms. The monoisotopic (exact) mass is 404 g/mol. The van der Waals surface area contributed by atoms with Gasteiger partial charge in [0.25, 0.3) is 5.91 Å². The van der Waals surface area contributed by atoms with Crippen LogP contribution in [0.5, 0.6) is 0 Å². The lowest BCUT2D eigenvalue weighted by Gasteiger charge is -2.67. The minimum absolute atomic E-state index is 0.119. The summed E-state index contributed by atoms with van der Waals surface area (Å²) in [7, 11) is 0. The molecule has 2 atom stereocenters. The molecular formula is C25H28N2O3. The van der Waals surface area contributed by atoms with Gasteiger partial charge in [-0.1, -0.05) is 36.4 Å². The molecule has 0 radical (unpaired) electrons. The Labute approximate surface area is 176 Å². The number of carbonyl (C=O) groups excluding carboxylic acids is 1. The average molecular weight is 405 g/mol. The van der Waals surface area contributed by atoms with E-state index in [0.29, 0.717) is 18.8 Å². The molecule has 1 N–H and O–H groups in total. The molecule has 1 aliphatic heterocycles. The molecule has 7 rings (SSSR count). The predicted molar refractivity (Wildman–Crippen MR) is 115 cm³/mol. The molecule has 156 valence electrons. The van der Waals surface area contributed by atoms with Crippen molar-refractivity contribution in [3.8, 4) is 0 Å². The van der Waals surface area contributed by atoms with E-state index in [2.05, 4.69) is 35.3 Å². The summed E-state index contributed by atoms with van der Waals surface area (Å²) in [6.45, 7) is 4.00. The van der Waals surface area contributed by atoms with Gasteiger partial charge in [-0.25, -0.2) is 5.01 Å². The minimum atomic E-state index is -0.624. The van der Waals surface area contributed by atoms with Gasteiger partial charge in [-0.05, 0) is 75.2 Å². The van der Waals surface area contributed by atoms with Crippen molar-refractivity contribution in [1.29, 1.82) is 0 Å².